The maximum Gasteiger partial charge on any atom is 0.248 e. The Morgan fingerprint density at radius 2 is 1.68 bits per heavy atom. The highest BCUT2D eigenvalue weighted by Crippen LogP contribution is 2.32. The minimum Gasteiger partial charge on any atom is -0.497 e. The number of hydrogen-bond donors (Lipinski definition) is 1. The SMILES string of the molecule is COc1ccc(N2CCN(c3ncnc(Oc4cccnc4)c3N)CC2)cc1. The van der Waals surface area contributed by atoms with E-state index in [1.807, 2.05) is 18.2 Å². The minimum absolute atomic E-state index is 0.343. The molecule has 4 rings (SSSR count). The van der Waals surface area contributed by atoms with Crippen molar-refractivity contribution in [2.75, 3.05) is 48.8 Å². The Balaban J connectivity index is 1.45. The molecule has 1 aromatic carbocycles. The first-order valence-corrected chi connectivity index (χ1v) is 9.07. The Labute approximate surface area is 163 Å². The average Bonchev–Trinajstić information content (AvgIpc) is 2.76. The summed E-state index contributed by atoms with van der Waals surface area (Å²) in [7, 11) is 1.67. The number of aromatic nitrogens is 3. The Kier molecular flexibility index (Phi) is 5.09. The molecule has 144 valence electrons. The van der Waals surface area contributed by atoms with Gasteiger partial charge < -0.3 is 25.0 Å². The van der Waals surface area contributed by atoms with E-state index in [9.17, 15) is 0 Å². The lowest BCUT2D eigenvalue weighted by Gasteiger charge is -2.37. The molecule has 3 aromatic rings. The van der Waals surface area contributed by atoms with E-state index in [1.54, 1.807) is 25.6 Å². The van der Waals surface area contributed by atoms with Crippen LogP contribution in [0.4, 0.5) is 17.2 Å². The largest absolute Gasteiger partial charge is 0.497 e. The van der Waals surface area contributed by atoms with Gasteiger partial charge in [-0.1, -0.05) is 0 Å². The summed E-state index contributed by atoms with van der Waals surface area (Å²) >= 11 is 0. The van der Waals surface area contributed by atoms with Gasteiger partial charge in [-0.25, -0.2) is 4.98 Å². The van der Waals surface area contributed by atoms with Crippen molar-refractivity contribution in [3.05, 3.63) is 55.1 Å². The molecule has 1 fully saturated rings. The van der Waals surface area contributed by atoms with Gasteiger partial charge in [-0.2, -0.15) is 4.98 Å². The first-order valence-electron chi connectivity index (χ1n) is 9.07. The number of hydrogen-bond acceptors (Lipinski definition) is 8. The minimum atomic E-state index is 0.343. The number of nitrogens with two attached hydrogens (primary N) is 1. The Morgan fingerprint density at radius 3 is 2.36 bits per heavy atom. The molecule has 0 amide bonds. The van der Waals surface area contributed by atoms with Crippen LogP contribution in [0.5, 0.6) is 17.4 Å². The highest BCUT2D eigenvalue weighted by Gasteiger charge is 2.22. The van der Waals surface area contributed by atoms with Crippen LogP contribution in [0.3, 0.4) is 0 Å². The van der Waals surface area contributed by atoms with Crippen molar-refractivity contribution < 1.29 is 9.47 Å². The molecular weight excluding hydrogens is 356 g/mol. The van der Waals surface area contributed by atoms with Crippen LogP contribution in [0.1, 0.15) is 0 Å². The van der Waals surface area contributed by atoms with Crippen molar-refractivity contribution in [1.29, 1.82) is 0 Å². The van der Waals surface area contributed by atoms with Crippen molar-refractivity contribution in [1.82, 2.24) is 15.0 Å². The number of benzene rings is 1. The van der Waals surface area contributed by atoms with Gasteiger partial charge in [0, 0.05) is 38.1 Å². The number of anilines is 3. The topological polar surface area (TPSA) is 89.6 Å². The van der Waals surface area contributed by atoms with Crippen LogP contribution in [-0.2, 0) is 0 Å². The number of nitrogen functional groups attached to an aromatic ring is 1. The standard InChI is InChI=1S/C20H22N6O2/c1-27-16-6-4-15(5-7-16)25-9-11-26(12-10-25)19-18(21)20(24-14-23-19)28-17-3-2-8-22-13-17/h2-8,13-14H,9-12,21H2,1H3. The van der Waals surface area contributed by atoms with E-state index in [0.717, 1.165) is 31.9 Å². The van der Waals surface area contributed by atoms with Crippen molar-refractivity contribution in [2.45, 2.75) is 0 Å². The second-order valence-electron chi connectivity index (χ2n) is 6.38. The van der Waals surface area contributed by atoms with E-state index in [4.69, 9.17) is 15.2 Å². The summed E-state index contributed by atoms with van der Waals surface area (Å²) in [5.41, 5.74) is 7.91. The molecule has 0 atom stereocenters. The van der Waals surface area contributed by atoms with Gasteiger partial charge in [-0.15, -0.1) is 0 Å². The quantitative estimate of drug-likeness (QED) is 0.725. The van der Waals surface area contributed by atoms with Gasteiger partial charge in [-0.3, -0.25) is 4.98 Å². The molecule has 28 heavy (non-hydrogen) atoms. The summed E-state index contributed by atoms with van der Waals surface area (Å²) < 4.78 is 11.0. The molecule has 0 radical (unpaired) electrons. The van der Waals surface area contributed by atoms with E-state index in [0.29, 0.717) is 23.1 Å². The first-order chi connectivity index (χ1) is 13.7. The number of methoxy groups -OCH3 is 1. The summed E-state index contributed by atoms with van der Waals surface area (Å²) in [5, 5.41) is 0. The third-order valence-corrected chi connectivity index (χ3v) is 4.69. The highest BCUT2D eigenvalue weighted by molar-refractivity contribution is 5.68. The Morgan fingerprint density at radius 1 is 0.929 bits per heavy atom. The molecule has 0 bridgehead atoms. The van der Waals surface area contributed by atoms with E-state index in [1.165, 1.54) is 12.0 Å². The van der Waals surface area contributed by atoms with Gasteiger partial charge >= 0.3 is 0 Å². The molecule has 0 saturated carbocycles. The summed E-state index contributed by atoms with van der Waals surface area (Å²) in [6, 6.07) is 11.7. The van der Waals surface area contributed by atoms with E-state index in [-0.39, 0.29) is 0 Å². The highest BCUT2D eigenvalue weighted by atomic mass is 16.5. The Bertz CT molecular complexity index is 912. The van der Waals surface area contributed by atoms with Gasteiger partial charge in [0.15, 0.2) is 5.82 Å². The number of piperazine rings is 1. The third-order valence-electron chi connectivity index (χ3n) is 4.69. The summed E-state index contributed by atoms with van der Waals surface area (Å²) in [4.78, 5) is 17.1. The van der Waals surface area contributed by atoms with Crippen LogP contribution >= 0.6 is 0 Å². The normalized spacial score (nSPS) is 14.0. The molecule has 0 aliphatic carbocycles. The van der Waals surface area contributed by atoms with Gasteiger partial charge in [0.05, 0.1) is 13.3 Å². The fourth-order valence-electron chi connectivity index (χ4n) is 3.19. The van der Waals surface area contributed by atoms with Gasteiger partial charge in [0.2, 0.25) is 5.88 Å². The fourth-order valence-corrected chi connectivity index (χ4v) is 3.19. The van der Waals surface area contributed by atoms with Crippen LogP contribution in [0.2, 0.25) is 0 Å². The number of pyridine rings is 1. The average molecular weight is 378 g/mol. The third kappa shape index (κ3) is 3.75. The molecule has 8 heteroatoms. The van der Waals surface area contributed by atoms with Crippen molar-refractivity contribution in [3.8, 4) is 17.4 Å². The molecule has 8 nitrogen and oxygen atoms in total. The second kappa shape index (κ2) is 7.99. The number of nitrogens with zero attached hydrogens (tertiary/aromatic N) is 5. The summed E-state index contributed by atoms with van der Waals surface area (Å²) in [6.45, 7) is 3.35. The van der Waals surface area contributed by atoms with Crippen LogP contribution in [0.15, 0.2) is 55.1 Å². The van der Waals surface area contributed by atoms with Crippen molar-refractivity contribution >= 4 is 17.2 Å². The molecule has 1 aliphatic heterocycles. The lowest BCUT2D eigenvalue weighted by Crippen LogP contribution is -2.47. The lowest BCUT2D eigenvalue weighted by atomic mass is 10.2. The zero-order valence-corrected chi connectivity index (χ0v) is 15.7. The molecule has 1 saturated heterocycles. The maximum atomic E-state index is 6.30. The second-order valence-corrected chi connectivity index (χ2v) is 6.38. The predicted molar refractivity (Wildman–Crippen MR) is 108 cm³/mol. The van der Waals surface area contributed by atoms with Crippen molar-refractivity contribution in [2.24, 2.45) is 0 Å². The fraction of sp³-hybridized carbons (Fsp3) is 0.250. The van der Waals surface area contributed by atoms with E-state index >= 15 is 0 Å². The zero-order chi connectivity index (χ0) is 19.3. The lowest BCUT2D eigenvalue weighted by molar-refractivity contribution is 0.415. The molecule has 3 heterocycles. The van der Waals surface area contributed by atoms with Gasteiger partial charge in [-0.05, 0) is 36.4 Å². The van der Waals surface area contributed by atoms with Crippen molar-refractivity contribution in [3.63, 3.8) is 0 Å². The molecule has 1 aliphatic rings. The van der Waals surface area contributed by atoms with Gasteiger partial charge in [0.1, 0.15) is 23.5 Å². The van der Waals surface area contributed by atoms with Crippen LogP contribution < -0.4 is 25.0 Å². The molecular formula is C20H22N6O2. The number of rotatable bonds is 5. The van der Waals surface area contributed by atoms with E-state index in [2.05, 4.69) is 36.9 Å². The van der Waals surface area contributed by atoms with Crippen LogP contribution in [0, 0.1) is 0 Å². The monoisotopic (exact) mass is 378 g/mol. The van der Waals surface area contributed by atoms with Crippen LogP contribution in [0.25, 0.3) is 0 Å². The Hall–Kier alpha value is -3.55. The summed E-state index contributed by atoms with van der Waals surface area (Å²) in [6.07, 6.45) is 4.78. The van der Waals surface area contributed by atoms with Gasteiger partial charge in [0.25, 0.3) is 0 Å². The number of ether oxygens (including phenoxy) is 2. The first kappa shape index (κ1) is 17.8. The molecule has 0 unspecified atom stereocenters. The maximum absolute atomic E-state index is 6.30. The molecule has 2 aromatic heterocycles. The molecule has 0 spiro atoms. The van der Waals surface area contributed by atoms with Crippen LogP contribution in [-0.4, -0.2) is 48.2 Å². The van der Waals surface area contributed by atoms with E-state index < -0.39 is 0 Å². The zero-order valence-electron chi connectivity index (χ0n) is 15.7. The smallest absolute Gasteiger partial charge is 0.248 e. The predicted octanol–water partition coefficient (Wildman–Crippen LogP) is 2.58. The molecule has 2 N–H and O–H groups in total. The summed E-state index contributed by atoms with van der Waals surface area (Å²) in [5.74, 6) is 2.49.